The van der Waals surface area contributed by atoms with Gasteiger partial charge in [0.2, 0.25) is 0 Å². The van der Waals surface area contributed by atoms with Gasteiger partial charge in [-0.05, 0) is 37.9 Å². The van der Waals surface area contributed by atoms with E-state index in [0.29, 0.717) is 23.0 Å². The first-order valence-corrected chi connectivity index (χ1v) is 6.81. The third kappa shape index (κ3) is 3.68. The molecule has 0 unspecified atom stereocenters. The van der Waals surface area contributed by atoms with Crippen molar-refractivity contribution in [2.24, 2.45) is 0 Å². The van der Waals surface area contributed by atoms with Crippen molar-refractivity contribution in [1.82, 2.24) is 5.32 Å². The predicted octanol–water partition coefficient (Wildman–Crippen LogP) is 3.94. The van der Waals surface area contributed by atoms with E-state index in [-0.39, 0.29) is 5.82 Å². The number of halogens is 2. The van der Waals surface area contributed by atoms with Gasteiger partial charge in [0, 0.05) is 16.6 Å². The van der Waals surface area contributed by atoms with Crippen LogP contribution in [0.15, 0.2) is 18.2 Å². The molecule has 2 rings (SSSR count). The van der Waals surface area contributed by atoms with E-state index in [1.807, 2.05) is 0 Å². The van der Waals surface area contributed by atoms with Crippen molar-refractivity contribution < 1.29 is 4.39 Å². The highest BCUT2D eigenvalue weighted by Crippen LogP contribution is 2.20. The van der Waals surface area contributed by atoms with Gasteiger partial charge in [-0.2, -0.15) is 0 Å². The van der Waals surface area contributed by atoms with Crippen LogP contribution < -0.4 is 5.32 Å². The van der Waals surface area contributed by atoms with Crippen molar-refractivity contribution in [2.75, 3.05) is 6.54 Å². The molecule has 17 heavy (non-hydrogen) atoms. The first kappa shape index (κ1) is 12.8. The first-order chi connectivity index (χ1) is 8.27. The summed E-state index contributed by atoms with van der Waals surface area (Å²) in [7, 11) is 0. The van der Waals surface area contributed by atoms with Crippen LogP contribution in [0.3, 0.4) is 0 Å². The molecule has 1 aromatic rings. The number of hydrogen-bond acceptors (Lipinski definition) is 1. The Labute approximate surface area is 107 Å². The summed E-state index contributed by atoms with van der Waals surface area (Å²) in [5.74, 6) is -0.192. The highest BCUT2D eigenvalue weighted by molar-refractivity contribution is 6.31. The van der Waals surface area contributed by atoms with E-state index < -0.39 is 0 Å². The van der Waals surface area contributed by atoms with Gasteiger partial charge in [0.05, 0.1) is 0 Å². The summed E-state index contributed by atoms with van der Waals surface area (Å²) in [4.78, 5) is 0. The molecule has 0 amide bonds. The van der Waals surface area contributed by atoms with E-state index in [4.69, 9.17) is 11.6 Å². The molecular formula is C14H19ClFN. The summed E-state index contributed by atoms with van der Waals surface area (Å²) in [6.45, 7) is 0.811. The lowest BCUT2D eigenvalue weighted by Gasteiger charge is -2.22. The molecule has 0 aliphatic heterocycles. The normalized spacial score (nSPS) is 17.3. The summed E-state index contributed by atoms with van der Waals surface area (Å²) in [6.07, 6.45) is 7.17. The zero-order valence-corrected chi connectivity index (χ0v) is 10.8. The Balaban J connectivity index is 1.81. The van der Waals surface area contributed by atoms with Crippen LogP contribution >= 0.6 is 11.6 Å². The first-order valence-electron chi connectivity index (χ1n) is 6.43. The van der Waals surface area contributed by atoms with E-state index in [0.717, 1.165) is 6.54 Å². The van der Waals surface area contributed by atoms with Crippen molar-refractivity contribution in [1.29, 1.82) is 0 Å². The average molecular weight is 256 g/mol. The van der Waals surface area contributed by atoms with E-state index in [2.05, 4.69) is 5.32 Å². The largest absolute Gasteiger partial charge is 0.314 e. The molecule has 0 spiro atoms. The topological polar surface area (TPSA) is 12.0 Å². The van der Waals surface area contributed by atoms with Gasteiger partial charge in [-0.3, -0.25) is 0 Å². The van der Waals surface area contributed by atoms with Crippen molar-refractivity contribution in [3.8, 4) is 0 Å². The molecule has 0 heterocycles. The van der Waals surface area contributed by atoms with Gasteiger partial charge in [-0.1, -0.05) is 36.9 Å². The van der Waals surface area contributed by atoms with Crippen LogP contribution in [-0.2, 0) is 6.42 Å². The Hall–Kier alpha value is -0.600. The van der Waals surface area contributed by atoms with Gasteiger partial charge in [-0.15, -0.1) is 0 Å². The van der Waals surface area contributed by atoms with Gasteiger partial charge < -0.3 is 5.32 Å². The fourth-order valence-electron chi connectivity index (χ4n) is 2.48. The lowest BCUT2D eigenvalue weighted by Crippen LogP contribution is -2.32. The van der Waals surface area contributed by atoms with Crippen LogP contribution in [0, 0.1) is 5.82 Å². The minimum absolute atomic E-state index is 0.192. The highest BCUT2D eigenvalue weighted by atomic mass is 35.5. The van der Waals surface area contributed by atoms with Crippen LogP contribution in [0.25, 0.3) is 0 Å². The molecule has 1 aromatic carbocycles. The molecule has 1 N–H and O–H groups in total. The van der Waals surface area contributed by atoms with E-state index in [9.17, 15) is 4.39 Å². The zero-order chi connectivity index (χ0) is 12.1. The standard InChI is InChI=1S/C14H19ClFN/c15-13-7-4-8-14(16)12(13)9-10-17-11-5-2-1-3-6-11/h4,7-8,11,17H,1-3,5-6,9-10H2. The lowest BCUT2D eigenvalue weighted by molar-refractivity contribution is 0.375. The minimum Gasteiger partial charge on any atom is -0.314 e. The highest BCUT2D eigenvalue weighted by Gasteiger charge is 2.13. The molecule has 1 saturated carbocycles. The molecule has 0 bridgehead atoms. The summed E-state index contributed by atoms with van der Waals surface area (Å²) < 4.78 is 13.5. The van der Waals surface area contributed by atoms with Gasteiger partial charge in [-0.25, -0.2) is 4.39 Å². The van der Waals surface area contributed by atoms with Crippen molar-refractivity contribution in [3.05, 3.63) is 34.6 Å². The Morgan fingerprint density at radius 1 is 1.24 bits per heavy atom. The number of benzene rings is 1. The second-order valence-electron chi connectivity index (χ2n) is 4.74. The SMILES string of the molecule is Fc1cccc(Cl)c1CCNC1CCCCC1. The maximum atomic E-state index is 13.5. The van der Waals surface area contributed by atoms with Gasteiger partial charge in [0.25, 0.3) is 0 Å². The second-order valence-corrected chi connectivity index (χ2v) is 5.15. The van der Waals surface area contributed by atoms with Gasteiger partial charge in [0.15, 0.2) is 0 Å². The smallest absolute Gasteiger partial charge is 0.127 e. The molecule has 0 saturated heterocycles. The Morgan fingerprint density at radius 3 is 2.71 bits per heavy atom. The fraction of sp³-hybridized carbons (Fsp3) is 0.571. The molecule has 1 aliphatic rings. The lowest BCUT2D eigenvalue weighted by atomic mass is 9.95. The number of nitrogens with one attached hydrogen (secondary N) is 1. The minimum atomic E-state index is -0.192. The number of hydrogen-bond donors (Lipinski definition) is 1. The van der Waals surface area contributed by atoms with Crippen molar-refractivity contribution in [2.45, 2.75) is 44.6 Å². The summed E-state index contributed by atoms with van der Waals surface area (Å²) >= 11 is 5.98. The van der Waals surface area contributed by atoms with E-state index in [1.54, 1.807) is 12.1 Å². The molecule has 1 fully saturated rings. The molecule has 0 aromatic heterocycles. The summed E-state index contributed by atoms with van der Waals surface area (Å²) in [6, 6.07) is 5.49. The van der Waals surface area contributed by atoms with Crippen molar-refractivity contribution in [3.63, 3.8) is 0 Å². The average Bonchev–Trinajstić information content (AvgIpc) is 2.34. The van der Waals surface area contributed by atoms with Gasteiger partial charge in [0.1, 0.15) is 5.82 Å². The maximum absolute atomic E-state index is 13.5. The molecule has 0 atom stereocenters. The van der Waals surface area contributed by atoms with Crippen LogP contribution in [0.2, 0.25) is 5.02 Å². The molecule has 1 nitrogen and oxygen atoms in total. The van der Waals surface area contributed by atoms with E-state index in [1.165, 1.54) is 38.2 Å². The van der Waals surface area contributed by atoms with Gasteiger partial charge >= 0.3 is 0 Å². The molecule has 3 heteroatoms. The predicted molar refractivity (Wildman–Crippen MR) is 70.0 cm³/mol. The Morgan fingerprint density at radius 2 is 2.00 bits per heavy atom. The van der Waals surface area contributed by atoms with Crippen molar-refractivity contribution >= 4 is 11.6 Å². The molecule has 94 valence electrons. The summed E-state index contributed by atoms with van der Waals surface area (Å²) in [5.41, 5.74) is 0.637. The molecule has 0 radical (unpaired) electrons. The second kappa shape index (κ2) is 6.36. The molecule has 1 aliphatic carbocycles. The van der Waals surface area contributed by atoms with Crippen LogP contribution in [0.4, 0.5) is 4.39 Å². The number of rotatable bonds is 4. The van der Waals surface area contributed by atoms with E-state index >= 15 is 0 Å². The van der Waals surface area contributed by atoms with Crippen LogP contribution in [0.1, 0.15) is 37.7 Å². The van der Waals surface area contributed by atoms with Crippen LogP contribution in [-0.4, -0.2) is 12.6 Å². The third-order valence-electron chi connectivity index (χ3n) is 3.47. The van der Waals surface area contributed by atoms with Crippen LogP contribution in [0.5, 0.6) is 0 Å². The summed E-state index contributed by atoms with van der Waals surface area (Å²) in [5, 5.41) is 4.04. The Bertz CT molecular complexity index is 341. The Kier molecular flexibility index (Phi) is 4.81. The quantitative estimate of drug-likeness (QED) is 0.859. The third-order valence-corrected chi connectivity index (χ3v) is 3.83. The zero-order valence-electron chi connectivity index (χ0n) is 10.0. The fourth-order valence-corrected chi connectivity index (χ4v) is 2.74. The maximum Gasteiger partial charge on any atom is 0.127 e. The molecular weight excluding hydrogens is 237 g/mol. The monoisotopic (exact) mass is 255 g/mol.